The Kier molecular flexibility index (Phi) is 5.86. The molecule has 2 aliphatic rings. The number of hydrogen-bond donors (Lipinski definition) is 1. The van der Waals surface area contributed by atoms with Gasteiger partial charge in [-0.2, -0.15) is 0 Å². The molecule has 0 aromatic heterocycles. The Morgan fingerprint density at radius 1 is 1.31 bits per heavy atom. The molecule has 142 valence electrons. The topological polar surface area (TPSA) is 75.7 Å². The molecule has 3 rings (SSSR count). The highest BCUT2D eigenvalue weighted by Gasteiger charge is 2.35. The minimum atomic E-state index is -3.47. The van der Waals surface area contributed by atoms with E-state index in [0.717, 1.165) is 19.3 Å². The molecule has 1 heterocycles. The van der Waals surface area contributed by atoms with E-state index in [9.17, 15) is 13.2 Å². The third-order valence-corrected chi connectivity index (χ3v) is 6.61. The van der Waals surface area contributed by atoms with Gasteiger partial charge in [0.2, 0.25) is 10.0 Å². The fraction of sp³-hybridized carbons (Fsp3) is 0.526. The van der Waals surface area contributed by atoms with E-state index in [1.165, 1.54) is 22.7 Å². The Balaban J connectivity index is 1.66. The normalized spacial score (nSPS) is 20.0. The maximum Gasteiger partial charge on any atom is 0.263 e. The van der Waals surface area contributed by atoms with Crippen molar-refractivity contribution >= 4 is 21.6 Å². The monoisotopic (exact) mass is 378 g/mol. The molecule has 0 bridgehead atoms. The van der Waals surface area contributed by atoms with Crippen LogP contribution in [0.1, 0.15) is 39.0 Å². The fourth-order valence-corrected chi connectivity index (χ4v) is 4.47. The van der Waals surface area contributed by atoms with Crippen molar-refractivity contribution in [3.8, 4) is 5.75 Å². The van der Waals surface area contributed by atoms with Gasteiger partial charge in [0.15, 0.2) is 6.10 Å². The number of nitrogens with one attached hydrogen (secondary N) is 1. The molecule has 0 spiro atoms. The number of para-hydroxylation sites is 2. The Morgan fingerprint density at radius 2 is 2.12 bits per heavy atom. The van der Waals surface area contributed by atoms with Crippen molar-refractivity contribution < 1.29 is 17.9 Å². The molecule has 1 aliphatic heterocycles. The highest BCUT2D eigenvalue weighted by Crippen LogP contribution is 2.35. The molecule has 26 heavy (non-hydrogen) atoms. The van der Waals surface area contributed by atoms with Crippen molar-refractivity contribution in [2.45, 2.75) is 45.1 Å². The number of amides is 1. The summed E-state index contributed by atoms with van der Waals surface area (Å²) in [6.45, 7) is 2.15. The second-order valence-corrected chi connectivity index (χ2v) is 8.84. The Labute approximate surface area is 155 Å². The Bertz CT molecular complexity index is 788. The third kappa shape index (κ3) is 4.20. The van der Waals surface area contributed by atoms with Crippen molar-refractivity contribution in [2.24, 2.45) is 0 Å². The summed E-state index contributed by atoms with van der Waals surface area (Å²) in [5.74, 6) is 0.127. The summed E-state index contributed by atoms with van der Waals surface area (Å²) in [6, 6.07) is 6.93. The standard InChI is InChI=1S/C19H26N2O4S/c1-2-26(23,24)21-14-18(25-17-11-7-6-10-16(17)21)19(22)20-13-12-15-8-4-3-5-9-15/h6-8,10-11,18H,2-5,9,12-14H2,1H3,(H,20,22). The van der Waals surface area contributed by atoms with Crippen LogP contribution in [0.5, 0.6) is 5.75 Å². The lowest BCUT2D eigenvalue weighted by Gasteiger charge is -2.34. The number of nitrogens with zero attached hydrogens (tertiary/aromatic N) is 1. The molecule has 0 saturated carbocycles. The molecule has 1 unspecified atom stereocenters. The maximum absolute atomic E-state index is 12.5. The summed E-state index contributed by atoms with van der Waals surface area (Å²) in [5.41, 5.74) is 1.88. The van der Waals surface area contributed by atoms with Gasteiger partial charge < -0.3 is 10.1 Å². The number of allylic oxidation sites excluding steroid dienone is 1. The molecule has 0 fully saturated rings. The number of hydrogen-bond acceptors (Lipinski definition) is 4. The number of rotatable bonds is 6. The molecule has 0 radical (unpaired) electrons. The average molecular weight is 378 g/mol. The quantitative estimate of drug-likeness (QED) is 0.772. The molecular weight excluding hydrogens is 352 g/mol. The van der Waals surface area contributed by atoms with Gasteiger partial charge in [0.1, 0.15) is 5.75 Å². The van der Waals surface area contributed by atoms with Crippen LogP contribution in [-0.4, -0.2) is 39.3 Å². The van der Waals surface area contributed by atoms with E-state index < -0.39 is 16.1 Å². The van der Waals surface area contributed by atoms with Crippen molar-refractivity contribution in [2.75, 3.05) is 23.1 Å². The number of carbonyl (C=O) groups excluding carboxylic acids is 1. The lowest BCUT2D eigenvalue weighted by Crippen LogP contribution is -2.51. The van der Waals surface area contributed by atoms with E-state index in [1.54, 1.807) is 31.2 Å². The molecule has 7 heteroatoms. The largest absolute Gasteiger partial charge is 0.476 e. The van der Waals surface area contributed by atoms with Gasteiger partial charge in [-0.15, -0.1) is 0 Å². The van der Waals surface area contributed by atoms with Gasteiger partial charge >= 0.3 is 0 Å². The van der Waals surface area contributed by atoms with Crippen LogP contribution in [0.15, 0.2) is 35.9 Å². The zero-order chi connectivity index (χ0) is 18.6. The number of sulfonamides is 1. The van der Waals surface area contributed by atoms with Crippen LogP contribution in [0.2, 0.25) is 0 Å². The zero-order valence-corrected chi connectivity index (χ0v) is 15.9. The number of carbonyl (C=O) groups is 1. The van der Waals surface area contributed by atoms with Crippen LogP contribution >= 0.6 is 0 Å². The number of ether oxygens (including phenoxy) is 1. The van der Waals surface area contributed by atoms with Gasteiger partial charge in [-0.05, 0) is 51.2 Å². The van der Waals surface area contributed by atoms with Crippen LogP contribution in [0.25, 0.3) is 0 Å². The first-order valence-electron chi connectivity index (χ1n) is 9.23. The highest BCUT2D eigenvalue weighted by atomic mass is 32.2. The fourth-order valence-electron chi connectivity index (χ4n) is 3.35. The van der Waals surface area contributed by atoms with Crippen molar-refractivity contribution in [3.63, 3.8) is 0 Å². The first-order chi connectivity index (χ1) is 12.5. The Hall–Kier alpha value is -2.02. The predicted octanol–water partition coefficient (Wildman–Crippen LogP) is 2.61. The number of fused-ring (bicyclic) bond motifs is 1. The van der Waals surface area contributed by atoms with Gasteiger partial charge in [-0.1, -0.05) is 23.8 Å². The van der Waals surface area contributed by atoms with Crippen LogP contribution in [0.4, 0.5) is 5.69 Å². The van der Waals surface area contributed by atoms with E-state index >= 15 is 0 Å². The molecule has 1 amide bonds. The summed E-state index contributed by atoms with van der Waals surface area (Å²) >= 11 is 0. The van der Waals surface area contributed by atoms with Gasteiger partial charge in [0.05, 0.1) is 18.0 Å². The van der Waals surface area contributed by atoms with E-state index in [4.69, 9.17) is 4.74 Å². The first-order valence-corrected chi connectivity index (χ1v) is 10.8. The molecule has 6 nitrogen and oxygen atoms in total. The van der Waals surface area contributed by atoms with Gasteiger partial charge in [-0.3, -0.25) is 9.10 Å². The van der Waals surface area contributed by atoms with E-state index in [0.29, 0.717) is 18.0 Å². The van der Waals surface area contributed by atoms with E-state index in [-0.39, 0.29) is 18.2 Å². The predicted molar refractivity (Wildman–Crippen MR) is 102 cm³/mol. The van der Waals surface area contributed by atoms with Crippen LogP contribution < -0.4 is 14.4 Å². The van der Waals surface area contributed by atoms with Crippen LogP contribution in [0.3, 0.4) is 0 Å². The molecule has 0 saturated heterocycles. The lowest BCUT2D eigenvalue weighted by atomic mass is 9.97. The highest BCUT2D eigenvalue weighted by molar-refractivity contribution is 7.92. The summed E-state index contributed by atoms with van der Waals surface area (Å²) < 4.78 is 31.9. The van der Waals surface area contributed by atoms with Crippen LogP contribution in [0, 0.1) is 0 Å². The molecule has 1 aromatic carbocycles. The third-order valence-electron chi connectivity index (χ3n) is 4.86. The zero-order valence-electron chi connectivity index (χ0n) is 15.1. The molecule has 1 atom stereocenters. The molecular formula is C19H26N2O4S. The summed E-state index contributed by atoms with van der Waals surface area (Å²) in [7, 11) is -3.47. The lowest BCUT2D eigenvalue weighted by molar-refractivity contribution is -0.127. The first kappa shape index (κ1) is 18.8. The SMILES string of the molecule is CCS(=O)(=O)N1CC(C(=O)NCCC2=CCCCC2)Oc2ccccc21. The summed E-state index contributed by atoms with van der Waals surface area (Å²) in [4.78, 5) is 12.5. The van der Waals surface area contributed by atoms with Crippen LogP contribution in [-0.2, 0) is 14.8 Å². The maximum atomic E-state index is 12.5. The molecule has 1 aliphatic carbocycles. The smallest absolute Gasteiger partial charge is 0.263 e. The van der Waals surface area contributed by atoms with Crippen molar-refractivity contribution in [3.05, 3.63) is 35.9 Å². The molecule has 1 aromatic rings. The van der Waals surface area contributed by atoms with Gasteiger partial charge in [0, 0.05) is 6.54 Å². The van der Waals surface area contributed by atoms with Crippen molar-refractivity contribution in [1.82, 2.24) is 5.32 Å². The summed E-state index contributed by atoms with van der Waals surface area (Å²) in [6.07, 6.45) is 6.94. The Morgan fingerprint density at radius 3 is 2.85 bits per heavy atom. The number of anilines is 1. The molecule has 1 N–H and O–H groups in total. The minimum absolute atomic E-state index is 0.00170. The van der Waals surface area contributed by atoms with E-state index in [1.807, 2.05) is 0 Å². The second-order valence-electron chi connectivity index (χ2n) is 6.66. The minimum Gasteiger partial charge on any atom is -0.476 e. The average Bonchev–Trinajstić information content (AvgIpc) is 2.67. The number of benzene rings is 1. The van der Waals surface area contributed by atoms with Crippen molar-refractivity contribution in [1.29, 1.82) is 0 Å². The van der Waals surface area contributed by atoms with Gasteiger partial charge in [0.25, 0.3) is 5.91 Å². The van der Waals surface area contributed by atoms with Gasteiger partial charge in [-0.25, -0.2) is 8.42 Å². The summed E-state index contributed by atoms with van der Waals surface area (Å²) in [5, 5.41) is 2.89. The second kappa shape index (κ2) is 8.12. The van der Waals surface area contributed by atoms with E-state index in [2.05, 4.69) is 11.4 Å².